The Morgan fingerprint density at radius 2 is 2.05 bits per heavy atom. The summed E-state index contributed by atoms with van der Waals surface area (Å²) in [4.78, 5) is 2.26. The number of halogens is 1. The van der Waals surface area contributed by atoms with Gasteiger partial charge in [-0.05, 0) is 24.1 Å². The van der Waals surface area contributed by atoms with Gasteiger partial charge >= 0.3 is 0 Å². The summed E-state index contributed by atoms with van der Waals surface area (Å²) in [5.74, 6) is -0.562. The molecule has 0 spiro atoms. The van der Waals surface area contributed by atoms with Gasteiger partial charge in [0.15, 0.2) is 0 Å². The fourth-order valence-electron chi connectivity index (χ4n) is 2.47. The Kier molecular flexibility index (Phi) is 4.74. The van der Waals surface area contributed by atoms with E-state index in [-0.39, 0.29) is 17.2 Å². The van der Waals surface area contributed by atoms with E-state index in [4.69, 9.17) is 0 Å². The van der Waals surface area contributed by atoms with Crippen LogP contribution in [0, 0.1) is 11.7 Å². The van der Waals surface area contributed by atoms with Crippen LogP contribution in [0.4, 0.5) is 4.39 Å². The molecule has 4 nitrogen and oxygen atoms in total. The molecule has 0 saturated carbocycles. The molecular formula is C14H21FN2O2. The number of hydrogen-bond acceptors (Lipinski definition) is 4. The third kappa shape index (κ3) is 3.65. The number of rotatable bonds is 4. The summed E-state index contributed by atoms with van der Waals surface area (Å²) in [6.45, 7) is 6.45. The first-order valence-electron chi connectivity index (χ1n) is 6.67. The summed E-state index contributed by atoms with van der Waals surface area (Å²) in [7, 11) is 0. The maximum absolute atomic E-state index is 13.2. The van der Waals surface area contributed by atoms with Crippen LogP contribution in [0.5, 0.6) is 5.75 Å². The molecule has 0 radical (unpaired) electrons. The van der Waals surface area contributed by atoms with Crippen molar-refractivity contribution in [3.63, 3.8) is 0 Å². The maximum Gasteiger partial charge on any atom is 0.123 e. The number of aromatic hydroxyl groups is 1. The second-order valence-electron chi connectivity index (χ2n) is 5.18. The molecule has 0 amide bonds. The Labute approximate surface area is 112 Å². The second-order valence-corrected chi connectivity index (χ2v) is 5.18. The molecule has 19 heavy (non-hydrogen) atoms. The molecule has 2 unspecified atom stereocenters. The number of piperazine rings is 1. The quantitative estimate of drug-likeness (QED) is 0.765. The third-order valence-electron chi connectivity index (χ3n) is 3.60. The minimum Gasteiger partial charge on any atom is -0.508 e. The van der Waals surface area contributed by atoms with E-state index < -0.39 is 11.9 Å². The minimum atomic E-state index is -0.856. The summed E-state index contributed by atoms with van der Waals surface area (Å²) in [6.07, 6.45) is -0.856. The van der Waals surface area contributed by atoms with Crippen molar-refractivity contribution < 1.29 is 14.6 Å². The van der Waals surface area contributed by atoms with Crippen molar-refractivity contribution in [1.82, 2.24) is 10.2 Å². The Morgan fingerprint density at radius 3 is 2.74 bits per heavy atom. The summed E-state index contributed by atoms with van der Waals surface area (Å²) >= 11 is 0. The number of hydrogen-bond donors (Lipinski definition) is 3. The fourth-order valence-corrected chi connectivity index (χ4v) is 2.47. The molecule has 5 heteroatoms. The molecule has 1 heterocycles. The first-order chi connectivity index (χ1) is 9.08. The molecule has 1 aromatic rings. The molecule has 1 aromatic carbocycles. The average Bonchev–Trinajstić information content (AvgIpc) is 2.42. The molecule has 0 aromatic heterocycles. The lowest BCUT2D eigenvalue weighted by molar-refractivity contribution is 0.0820. The van der Waals surface area contributed by atoms with E-state index in [1.807, 2.05) is 6.92 Å². The molecule has 1 saturated heterocycles. The van der Waals surface area contributed by atoms with E-state index in [1.54, 1.807) is 0 Å². The van der Waals surface area contributed by atoms with Crippen molar-refractivity contribution >= 4 is 0 Å². The van der Waals surface area contributed by atoms with Gasteiger partial charge in [0.25, 0.3) is 0 Å². The first-order valence-corrected chi connectivity index (χ1v) is 6.67. The Hall–Kier alpha value is -1.17. The number of nitrogens with zero attached hydrogens (tertiary/aromatic N) is 1. The predicted molar refractivity (Wildman–Crippen MR) is 71.5 cm³/mol. The fraction of sp³-hybridized carbons (Fsp3) is 0.571. The second kappa shape index (κ2) is 6.32. The van der Waals surface area contributed by atoms with Crippen LogP contribution in [0.2, 0.25) is 0 Å². The predicted octanol–water partition coefficient (Wildman–Crippen LogP) is 1.11. The number of phenolic OH excluding ortho intramolecular Hbond substituents is 1. The Bertz CT molecular complexity index is 422. The lowest BCUT2D eigenvalue weighted by atomic mass is 9.96. The van der Waals surface area contributed by atoms with Crippen LogP contribution in [-0.4, -0.2) is 47.8 Å². The number of nitrogens with one attached hydrogen (secondary N) is 1. The number of phenols is 1. The molecule has 1 aliphatic heterocycles. The van der Waals surface area contributed by atoms with E-state index in [1.165, 1.54) is 18.2 Å². The standard InChI is InChI=1S/C14H21FN2O2/c1-10(9-17-6-4-16-5-7-17)14(19)12-8-11(15)2-3-13(12)18/h2-3,8,10,14,16,18-19H,4-7,9H2,1H3. The minimum absolute atomic E-state index is 0.0546. The van der Waals surface area contributed by atoms with Crippen LogP contribution in [0.15, 0.2) is 18.2 Å². The highest BCUT2D eigenvalue weighted by atomic mass is 19.1. The zero-order valence-corrected chi connectivity index (χ0v) is 11.1. The van der Waals surface area contributed by atoms with Gasteiger partial charge in [0.2, 0.25) is 0 Å². The SMILES string of the molecule is CC(CN1CCNCC1)C(O)c1cc(F)ccc1O. The molecule has 2 rings (SSSR count). The zero-order chi connectivity index (χ0) is 13.8. The third-order valence-corrected chi connectivity index (χ3v) is 3.60. The van der Waals surface area contributed by atoms with Crippen LogP contribution >= 0.6 is 0 Å². The molecule has 2 atom stereocenters. The summed E-state index contributed by atoms with van der Waals surface area (Å²) in [5.41, 5.74) is 0.266. The van der Waals surface area contributed by atoms with Crippen molar-refractivity contribution in [3.05, 3.63) is 29.6 Å². The molecule has 3 N–H and O–H groups in total. The van der Waals surface area contributed by atoms with Gasteiger partial charge in [-0.1, -0.05) is 6.92 Å². The van der Waals surface area contributed by atoms with E-state index in [0.29, 0.717) is 0 Å². The van der Waals surface area contributed by atoms with Crippen molar-refractivity contribution in [2.45, 2.75) is 13.0 Å². The van der Waals surface area contributed by atoms with Gasteiger partial charge in [0.1, 0.15) is 11.6 Å². The van der Waals surface area contributed by atoms with E-state index in [9.17, 15) is 14.6 Å². The summed E-state index contributed by atoms with van der Waals surface area (Å²) < 4.78 is 13.2. The highest BCUT2D eigenvalue weighted by Gasteiger charge is 2.23. The smallest absolute Gasteiger partial charge is 0.123 e. The van der Waals surface area contributed by atoms with Crippen molar-refractivity contribution in [2.24, 2.45) is 5.92 Å². The highest BCUT2D eigenvalue weighted by molar-refractivity contribution is 5.34. The number of aliphatic hydroxyl groups excluding tert-OH is 1. The molecule has 1 fully saturated rings. The van der Waals surface area contributed by atoms with E-state index in [0.717, 1.165) is 32.7 Å². The largest absolute Gasteiger partial charge is 0.508 e. The maximum atomic E-state index is 13.2. The first kappa shape index (κ1) is 14.2. The number of aliphatic hydroxyl groups is 1. The number of benzene rings is 1. The van der Waals surface area contributed by atoms with Crippen LogP contribution in [0.1, 0.15) is 18.6 Å². The van der Waals surface area contributed by atoms with Gasteiger partial charge in [0.05, 0.1) is 6.10 Å². The zero-order valence-electron chi connectivity index (χ0n) is 11.1. The van der Waals surface area contributed by atoms with Gasteiger partial charge in [-0.3, -0.25) is 0 Å². The highest BCUT2D eigenvalue weighted by Crippen LogP contribution is 2.30. The van der Waals surface area contributed by atoms with Crippen molar-refractivity contribution in [2.75, 3.05) is 32.7 Å². The van der Waals surface area contributed by atoms with E-state index in [2.05, 4.69) is 10.2 Å². The lowest BCUT2D eigenvalue weighted by Crippen LogP contribution is -2.45. The normalized spacial score (nSPS) is 20.2. The molecule has 0 aliphatic carbocycles. The molecular weight excluding hydrogens is 247 g/mol. The topological polar surface area (TPSA) is 55.7 Å². The molecule has 0 bridgehead atoms. The van der Waals surface area contributed by atoms with E-state index >= 15 is 0 Å². The molecule has 1 aliphatic rings. The van der Waals surface area contributed by atoms with Gasteiger partial charge < -0.3 is 20.4 Å². The van der Waals surface area contributed by atoms with Gasteiger partial charge in [-0.25, -0.2) is 4.39 Å². The monoisotopic (exact) mass is 268 g/mol. The molecule has 106 valence electrons. The average molecular weight is 268 g/mol. The Morgan fingerprint density at radius 1 is 1.37 bits per heavy atom. The lowest BCUT2D eigenvalue weighted by Gasteiger charge is -2.31. The Balaban J connectivity index is 2.01. The van der Waals surface area contributed by atoms with Crippen LogP contribution in [0.3, 0.4) is 0 Å². The van der Waals surface area contributed by atoms with Gasteiger partial charge in [0, 0.05) is 38.3 Å². The van der Waals surface area contributed by atoms with Gasteiger partial charge in [-0.2, -0.15) is 0 Å². The van der Waals surface area contributed by atoms with Crippen LogP contribution in [0.25, 0.3) is 0 Å². The van der Waals surface area contributed by atoms with Crippen LogP contribution in [-0.2, 0) is 0 Å². The summed E-state index contributed by atoms with van der Waals surface area (Å²) in [6, 6.07) is 3.67. The van der Waals surface area contributed by atoms with Crippen molar-refractivity contribution in [1.29, 1.82) is 0 Å². The van der Waals surface area contributed by atoms with Gasteiger partial charge in [-0.15, -0.1) is 0 Å². The summed E-state index contributed by atoms with van der Waals surface area (Å²) in [5, 5.41) is 23.2. The van der Waals surface area contributed by atoms with Crippen molar-refractivity contribution in [3.8, 4) is 5.75 Å². The van der Waals surface area contributed by atoms with Crippen LogP contribution < -0.4 is 5.32 Å².